The van der Waals surface area contributed by atoms with Crippen LogP contribution in [0, 0.1) is 12.8 Å². The standard InChI is InChI=1S/C16H21N3O2/c1-11-3-5-13(6-4-11)16-17-15(21-18-16)10-19(2)9-14(20)12-7-8-12/h3-6,12,14,20H,7-10H2,1-2H3. The molecule has 112 valence electrons. The summed E-state index contributed by atoms with van der Waals surface area (Å²) in [6.45, 7) is 3.25. The number of aliphatic hydroxyl groups is 1. The van der Waals surface area contributed by atoms with Crippen LogP contribution in [0.5, 0.6) is 0 Å². The van der Waals surface area contributed by atoms with Gasteiger partial charge in [-0.25, -0.2) is 0 Å². The summed E-state index contributed by atoms with van der Waals surface area (Å²) in [4.78, 5) is 6.44. The second-order valence-electron chi connectivity index (χ2n) is 5.98. The molecule has 5 nitrogen and oxygen atoms in total. The molecule has 1 atom stereocenters. The Morgan fingerprint density at radius 1 is 1.33 bits per heavy atom. The van der Waals surface area contributed by atoms with Gasteiger partial charge in [-0.1, -0.05) is 35.0 Å². The fourth-order valence-electron chi connectivity index (χ4n) is 2.38. The molecule has 0 saturated heterocycles. The first-order chi connectivity index (χ1) is 10.1. The van der Waals surface area contributed by atoms with E-state index in [1.807, 2.05) is 43.1 Å². The van der Waals surface area contributed by atoms with E-state index in [-0.39, 0.29) is 6.10 Å². The lowest BCUT2D eigenvalue weighted by Gasteiger charge is -2.18. The Balaban J connectivity index is 1.60. The average Bonchev–Trinajstić information content (AvgIpc) is 3.21. The molecule has 2 aromatic rings. The van der Waals surface area contributed by atoms with Crippen molar-refractivity contribution in [3.63, 3.8) is 0 Å². The zero-order valence-electron chi connectivity index (χ0n) is 12.5. The molecule has 1 aromatic heterocycles. The summed E-state index contributed by atoms with van der Waals surface area (Å²) in [5, 5.41) is 14.0. The highest BCUT2D eigenvalue weighted by Crippen LogP contribution is 2.32. The predicted octanol–water partition coefficient (Wildman–Crippen LogP) is 2.25. The van der Waals surface area contributed by atoms with Crippen molar-refractivity contribution in [3.05, 3.63) is 35.7 Å². The lowest BCUT2D eigenvalue weighted by atomic mass is 10.1. The van der Waals surface area contributed by atoms with Crippen LogP contribution in [0.4, 0.5) is 0 Å². The summed E-state index contributed by atoms with van der Waals surface area (Å²) >= 11 is 0. The van der Waals surface area contributed by atoms with Crippen LogP contribution >= 0.6 is 0 Å². The van der Waals surface area contributed by atoms with Crippen LogP contribution in [0.25, 0.3) is 11.4 Å². The van der Waals surface area contributed by atoms with Gasteiger partial charge in [0, 0.05) is 12.1 Å². The number of nitrogens with zero attached hydrogens (tertiary/aromatic N) is 3. The Bertz CT molecular complexity index is 590. The van der Waals surface area contributed by atoms with Crippen LogP contribution in [-0.4, -0.2) is 39.8 Å². The lowest BCUT2D eigenvalue weighted by molar-refractivity contribution is 0.0992. The van der Waals surface area contributed by atoms with E-state index in [0.29, 0.717) is 30.7 Å². The van der Waals surface area contributed by atoms with E-state index >= 15 is 0 Å². The zero-order chi connectivity index (χ0) is 14.8. The molecule has 1 N–H and O–H groups in total. The van der Waals surface area contributed by atoms with E-state index in [1.165, 1.54) is 5.56 Å². The average molecular weight is 287 g/mol. The first-order valence-corrected chi connectivity index (χ1v) is 7.38. The van der Waals surface area contributed by atoms with Crippen LogP contribution in [-0.2, 0) is 6.54 Å². The predicted molar refractivity (Wildman–Crippen MR) is 79.5 cm³/mol. The molecule has 0 aliphatic heterocycles. The number of benzene rings is 1. The molecule has 3 rings (SSSR count). The van der Waals surface area contributed by atoms with Crippen molar-refractivity contribution < 1.29 is 9.63 Å². The van der Waals surface area contributed by atoms with Gasteiger partial charge in [0.05, 0.1) is 12.6 Å². The van der Waals surface area contributed by atoms with Gasteiger partial charge in [0.2, 0.25) is 11.7 Å². The number of likely N-dealkylation sites (N-methyl/N-ethyl adjacent to an activating group) is 1. The third-order valence-electron chi connectivity index (χ3n) is 3.85. The summed E-state index contributed by atoms with van der Waals surface area (Å²) in [6.07, 6.45) is 2.05. The maximum absolute atomic E-state index is 9.94. The summed E-state index contributed by atoms with van der Waals surface area (Å²) in [7, 11) is 1.96. The molecule has 1 fully saturated rings. The molecule has 0 bridgehead atoms. The second-order valence-corrected chi connectivity index (χ2v) is 5.98. The third kappa shape index (κ3) is 3.68. The molecular weight excluding hydrogens is 266 g/mol. The van der Waals surface area contributed by atoms with E-state index < -0.39 is 0 Å². The highest BCUT2D eigenvalue weighted by molar-refractivity contribution is 5.54. The molecular formula is C16H21N3O2. The largest absolute Gasteiger partial charge is 0.392 e. The first-order valence-electron chi connectivity index (χ1n) is 7.38. The van der Waals surface area contributed by atoms with Crippen molar-refractivity contribution in [3.8, 4) is 11.4 Å². The molecule has 1 saturated carbocycles. The molecule has 5 heteroatoms. The highest BCUT2D eigenvalue weighted by Gasteiger charge is 2.30. The summed E-state index contributed by atoms with van der Waals surface area (Å²) in [6, 6.07) is 8.04. The van der Waals surface area contributed by atoms with Crippen LogP contribution in [0.1, 0.15) is 24.3 Å². The van der Waals surface area contributed by atoms with Gasteiger partial charge in [0.25, 0.3) is 0 Å². The molecule has 1 heterocycles. The van der Waals surface area contributed by atoms with Gasteiger partial charge in [-0.3, -0.25) is 4.90 Å². The smallest absolute Gasteiger partial charge is 0.241 e. The van der Waals surface area contributed by atoms with Gasteiger partial charge in [0.1, 0.15) is 0 Å². The van der Waals surface area contributed by atoms with Gasteiger partial charge < -0.3 is 9.63 Å². The fourth-order valence-corrected chi connectivity index (χ4v) is 2.38. The van der Waals surface area contributed by atoms with Gasteiger partial charge in [0.15, 0.2) is 0 Å². The molecule has 1 unspecified atom stereocenters. The van der Waals surface area contributed by atoms with Gasteiger partial charge in [-0.05, 0) is 32.7 Å². The molecule has 21 heavy (non-hydrogen) atoms. The van der Waals surface area contributed by atoms with Gasteiger partial charge in [-0.2, -0.15) is 4.98 Å². The summed E-state index contributed by atoms with van der Waals surface area (Å²) in [5.41, 5.74) is 2.16. The quantitative estimate of drug-likeness (QED) is 0.883. The fraction of sp³-hybridized carbons (Fsp3) is 0.500. The molecule has 1 aliphatic carbocycles. The van der Waals surface area contributed by atoms with Gasteiger partial charge in [-0.15, -0.1) is 0 Å². The van der Waals surface area contributed by atoms with Crippen LogP contribution in [0.3, 0.4) is 0 Å². The third-order valence-corrected chi connectivity index (χ3v) is 3.85. The number of hydrogen-bond acceptors (Lipinski definition) is 5. The summed E-state index contributed by atoms with van der Waals surface area (Å²) < 4.78 is 5.29. The molecule has 0 radical (unpaired) electrons. The van der Waals surface area contributed by atoms with Crippen molar-refractivity contribution in [2.75, 3.05) is 13.6 Å². The van der Waals surface area contributed by atoms with Crippen LogP contribution in [0.2, 0.25) is 0 Å². The normalized spacial score (nSPS) is 16.4. The Morgan fingerprint density at radius 3 is 2.71 bits per heavy atom. The van der Waals surface area contributed by atoms with Crippen LogP contribution in [0.15, 0.2) is 28.8 Å². The van der Waals surface area contributed by atoms with Crippen molar-refractivity contribution in [2.45, 2.75) is 32.4 Å². The first kappa shape index (κ1) is 14.2. The van der Waals surface area contributed by atoms with Crippen molar-refractivity contribution in [1.29, 1.82) is 0 Å². The topological polar surface area (TPSA) is 62.4 Å². The number of aliphatic hydroxyl groups excluding tert-OH is 1. The highest BCUT2D eigenvalue weighted by atomic mass is 16.5. The molecule has 0 spiro atoms. The summed E-state index contributed by atoms with van der Waals surface area (Å²) in [5.74, 6) is 1.68. The second kappa shape index (κ2) is 5.95. The van der Waals surface area contributed by atoms with E-state index in [9.17, 15) is 5.11 Å². The van der Waals surface area contributed by atoms with E-state index in [4.69, 9.17) is 4.52 Å². The maximum Gasteiger partial charge on any atom is 0.241 e. The minimum Gasteiger partial charge on any atom is -0.392 e. The lowest BCUT2D eigenvalue weighted by Crippen LogP contribution is -2.30. The Hall–Kier alpha value is -1.72. The molecule has 0 amide bonds. The van der Waals surface area contributed by atoms with Crippen molar-refractivity contribution >= 4 is 0 Å². The number of hydrogen-bond donors (Lipinski definition) is 1. The minimum absolute atomic E-state index is 0.241. The maximum atomic E-state index is 9.94. The minimum atomic E-state index is -0.241. The number of aromatic nitrogens is 2. The Labute approximate surface area is 124 Å². The zero-order valence-corrected chi connectivity index (χ0v) is 12.5. The monoisotopic (exact) mass is 287 g/mol. The molecule has 1 aliphatic rings. The van der Waals surface area contributed by atoms with E-state index in [1.54, 1.807) is 0 Å². The number of rotatable bonds is 6. The van der Waals surface area contributed by atoms with E-state index in [2.05, 4.69) is 10.1 Å². The SMILES string of the molecule is Cc1ccc(-c2noc(CN(C)CC(O)C3CC3)n2)cc1. The Kier molecular flexibility index (Phi) is 4.03. The van der Waals surface area contributed by atoms with Gasteiger partial charge >= 0.3 is 0 Å². The Morgan fingerprint density at radius 2 is 2.05 bits per heavy atom. The van der Waals surface area contributed by atoms with Crippen molar-refractivity contribution in [1.82, 2.24) is 15.0 Å². The van der Waals surface area contributed by atoms with Crippen LogP contribution < -0.4 is 0 Å². The van der Waals surface area contributed by atoms with E-state index in [0.717, 1.165) is 18.4 Å². The van der Waals surface area contributed by atoms with Crippen molar-refractivity contribution in [2.24, 2.45) is 5.92 Å². The number of aryl methyl sites for hydroxylation is 1. The molecule has 1 aromatic carbocycles.